The standard InChI is InChI=1S/C22H31N3O3/c1-4-7-15-28-18-12-10-17(11-13-18)9-8-14-23-21-20(22(26)27-6-3)19(5-2)24-16-25-21/h10-13,16H,4-9,14-15H2,1-3H3,(H,23,24,25). The van der Waals surface area contributed by atoms with Crippen molar-refractivity contribution < 1.29 is 14.3 Å². The summed E-state index contributed by atoms with van der Waals surface area (Å²) >= 11 is 0. The lowest BCUT2D eigenvalue weighted by molar-refractivity contribution is 0.0525. The topological polar surface area (TPSA) is 73.3 Å². The van der Waals surface area contributed by atoms with Crippen LogP contribution in [0, 0.1) is 0 Å². The molecule has 0 aliphatic heterocycles. The largest absolute Gasteiger partial charge is 0.494 e. The zero-order chi connectivity index (χ0) is 20.2. The first-order valence-electron chi connectivity index (χ1n) is 10.2. The van der Waals surface area contributed by atoms with Crippen molar-refractivity contribution in [3.05, 3.63) is 47.4 Å². The van der Waals surface area contributed by atoms with Crippen LogP contribution < -0.4 is 10.1 Å². The summed E-state index contributed by atoms with van der Waals surface area (Å²) in [5, 5.41) is 3.27. The van der Waals surface area contributed by atoms with E-state index in [1.54, 1.807) is 6.92 Å². The van der Waals surface area contributed by atoms with Gasteiger partial charge in [0.05, 0.1) is 18.9 Å². The van der Waals surface area contributed by atoms with E-state index in [9.17, 15) is 4.79 Å². The predicted octanol–water partition coefficient (Wildman–Crippen LogP) is 4.44. The van der Waals surface area contributed by atoms with Crippen LogP contribution >= 0.6 is 0 Å². The van der Waals surface area contributed by atoms with Gasteiger partial charge in [0, 0.05) is 6.54 Å². The molecule has 0 unspecified atom stereocenters. The lowest BCUT2D eigenvalue weighted by atomic mass is 10.1. The van der Waals surface area contributed by atoms with Crippen molar-refractivity contribution in [1.29, 1.82) is 0 Å². The number of aromatic nitrogens is 2. The number of nitrogens with one attached hydrogen (secondary N) is 1. The Labute approximate surface area is 167 Å². The first kappa shape index (κ1) is 21.7. The number of rotatable bonds is 12. The average molecular weight is 386 g/mol. The van der Waals surface area contributed by atoms with Gasteiger partial charge in [0.25, 0.3) is 0 Å². The number of carbonyl (C=O) groups excluding carboxylic acids is 1. The van der Waals surface area contributed by atoms with E-state index < -0.39 is 0 Å². The fourth-order valence-corrected chi connectivity index (χ4v) is 2.83. The number of carbonyl (C=O) groups is 1. The average Bonchev–Trinajstić information content (AvgIpc) is 2.72. The number of hydrogen-bond donors (Lipinski definition) is 1. The van der Waals surface area contributed by atoms with E-state index in [0.29, 0.717) is 36.6 Å². The highest BCUT2D eigenvalue weighted by molar-refractivity contribution is 5.95. The van der Waals surface area contributed by atoms with Crippen LogP contribution in [0.2, 0.25) is 0 Å². The summed E-state index contributed by atoms with van der Waals surface area (Å²) in [7, 11) is 0. The van der Waals surface area contributed by atoms with E-state index >= 15 is 0 Å². The van der Waals surface area contributed by atoms with Crippen LogP contribution in [0.5, 0.6) is 5.75 Å². The van der Waals surface area contributed by atoms with Gasteiger partial charge in [0.2, 0.25) is 0 Å². The first-order valence-corrected chi connectivity index (χ1v) is 10.2. The maximum atomic E-state index is 12.3. The fourth-order valence-electron chi connectivity index (χ4n) is 2.83. The highest BCUT2D eigenvalue weighted by Crippen LogP contribution is 2.18. The molecule has 28 heavy (non-hydrogen) atoms. The minimum absolute atomic E-state index is 0.328. The van der Waals surface area contributed by atoms with E-state index in [2.05, 4.69) is 34.3 Å². The van der Waals surface area contributed by atoms with Gasteiger partial charge in [0.1, 0.15) is 23.5 Å². The van der Waals surface area contributed by atoms with E-state index in [0.717, 1.165) is 38.0 Å². The number of anilines is 1. The number of unbranched alkanes of at least 4 members (excludes halogenated alkanes) is 1. The molecule has 1 N–H and O–H groups in total. The molecule has 1 aromatic heterocycles. The molecule has 0 radical (unpaired) electrons. The van der Waals surface area contributed by atoms with Crippen molar-refractivity contribution in [2.45, 2.75) is 52.9 Å². The number of esters is 1. The third kappa shape index (κ3) is 6.51. The van der Waals surface area contributed by atoms with Gasteiger partial charge < -0.3 is 14.8 Å². The van der Waals surface area contributed by atoms with Crippen molar-refractivity contribution in [2.24, 2.45) is 0 Å². The second kappa shape index (κ2) is 12.0. The monoisotopic (exact) mass is 385 g/mol. The Bertz CT molecular complexity index is 732. The van der Waals surface area contributed by atoms with E-state index in [1.807, 2.05) is 19.1 Å². The molecule has 1 heterocycles. The van der Waals surface area contributed by atoms with Gasteiger partial charge in [-0.05, 0) is 50.3 Å². The second-order valence-corrected chi connectivity index (χ2v) is 6.49. The number of benzene rings is 1. The van der Waals surface area contributed by atoms with Gasteiger partial charge in [0.15, 0.2) is 0 Å². The molecule has 1 aromatic carbocycles. The van der Waals surface area contributed by atoms with Crippen molar-refractivity contribution in [3.63, 3.8) is 0 Å². The Kier molecular flexibility index (Phi) is 9.25. The Morgan fingerprint density at radius 3 is 2.54 bits per heavy atom. The molecule has 0 bridgehead atoms. The van der Waals surface area contributed by atoms with Gasteiger partial charge in [-0.15, -0.1) is 0 Å². The fraction of sp³-hybridized carbons (Fsp3) is 0.500. The maximum Gasteiger partial charge on any atom is 0.343 e. The lowest BCUT2D eigenvalue weighted by Crippen LogP contribution is -2.16. The minimum atomic E-state index is -0.374. The summed E-state index contributed by atoms with van der Waals surface area (Å²) in [6.07, 6.45) is 6.20. The zero-order valence-electron chi connectivity index (χ0n) is 17.2. The van der Waals surface area contributed by atoms with Crippen molar-refractivity contribution in [1.82, 2.24) is 9.97 Å². The maximum absolute atomic E-state index is 12.3. The molecule has 2 rings (SSSR count). The van der Waals surface area contributed by atoms with Gasteiger partial charge in [-0.3, -0.25) is 0 Å². The van der Waals surface area contributed by atoms with Crippen LogP contribution in [0.15, 0.2) is 30.6 Å². The van der Waals surface area contributed by atoms with E-state index in [1.165, 1.54) is 11.9 Å². The molecule has 6 nitrogen and oxygen atoms in total. The second-order valence-electron chi connectivity index (χ2n) is 6.49. The molecule has 0 atom stereocenters. The smallest absolute Gasteiger partial charge is 0.343 e. The molecule has 0 amide bonds. The third-order valence-corrected chi connectivity index (χ3v) is 4.36. The zero-order valence-corrected chi connectivity index (χ0v) is 17.2. The Morgan fingerprint density at radius 2 is 1.86 bits per heavy atom. The van der Waals surface area contributed by atoms with Gasteiger partial charge in [-0.1, -0.05) is 32.4 Å². The molecular formula is C22H31N3O3. The lowest BCUT2D eigenvalue weighted by Gasteiger charge is -2.13. The molecule has 0 saturated carbocycles. The molecule has 0 spiro atoms. The first-order chi connectivity index (χ1) is 13.7. The summed E-state index contributed by atoms with van der Waals surface area (Å²) in [4.78, 5) is 20.7. The van der Waals surface area contributed by atoms with Crippen molar-refractivity contribution in [2.75, 3.05) is 25.1 Å². The molecule has 0 saturated heterocycles. The van der Waals surface area contributed by atoms with Crippen LogP contribution in [-0.4, -0.2) is 35.7 Å². The van der Waals surface area contributed by atoms with Gasteiger partial charge in [-0.2, -0.15) is 0 Å². The third-order valence-electron chi connectivity index (χ3n) is 4.36. The predicted molar refractivity (Wildman–Crippen MR) is 111 cm³/mol. The van der Waals surface area contributed by atoms with Crippen LogP contribution in [0.25, 0.3) is 0 Å². The summed E-state index contributed by atoms with van der Waals surface area (Å²) in [5.74, 6) is 1.09. The molecule has 0 aliphatic rings. The highest BCUT2D eigenvalue weighted by Gasteiger charge is 2.19. The SMILES string of the molecule is CCCCOc1ccc(CCCNc2ncnc(CC)c2C(=O)OCC)cc1. The molecule has 0 aliphatic carbocycles. The van der Waals surface area contributed by atoms with Crippen LogP contribution in [0.1, 0.15) is 61.6 Å². The summed E-state index contributed by atoms with van der Waals surface area (Å²) in [5.41, 5.74) is 2.40. The van der Waals surface area contributed by atoms with Crippen LogP contribution in [0.4, 0.5) is 5.82 Å². The number of hydrogen-bond acceptors (Lipinski definition) is 6. The van der Waals surface area contributed by atoms with Crippen LogP contribution in [-0.2, 0) is 17.6 Å². The quantitative estimate of drug-likeness (QED) is 0.430. The van der Waals surface area contributed by atoms with Crippen molar-refractivity contribution in [3.8, 4) is 5.75 Å². The van der Waals surface area contributed by atoms with Gasteiger partial charge in [-0.25, -0.2) is 14.8 Å². The molecule has 152 valence electrons. The highest BCUT2D eigenvalue weighted by atomic mass is 16.5. The molecule has 6 heteroatoms. The van der Waals surface area contributed by atoms with E-state index in [-0.39, 0.29) is 5.97 Å². The summed E-state index contributed by atoms with van der Waals surface area (Å²) in [6, 6.07) is 8.25. The van der Waals surface area contributed by atoms with Crippen LogP contribution in [0.3, 0.4) is 0 Å². The molecule has 2 aromatic rings. The Morgan fingerprint density at radius 1 is 1.07 bits per heavy atom. The summed E-state index contributed by atoms with van der Waals surface area (Å²) in [6.45, 7) is 7.71. The number of ether oxygens (including phenoxy) is 2. The Balaban J connectivity index is 1.87. The Hall–Kier alpha value is -2.63. The normalized spacial score (nSPS) is 10.5. The van der Waals surface area contributed by atoms with E-state index in [4.69, 9.17) is 9.47 Å². The van der Waals surface area contributed by atoms with Crippen molar-refractivity contribution >= 4 is 11.8 Å². The van der Waals surface area contributed by atoms with Gasteiger partial charge >= 0.3 is 5.97 Å². The molecule has 0 fully saturated rings. The number of nitrogens with zero attached hydrogens (tertiary/aromatic N) is 2. The molecular weight excluding hydrogens is 354 g/mol. The summed E-state index contributed by atoms with van der Waals surface area (Å²) < 4.78 is 10.9. The minimum Gasteiger partial charge on any atom is -0.494 e. The number of aryl methyl sites for hydroxylation is 2.